The van der Waals surface area contributed by atoms with Gasteiger partial charge in [0.2, 0.25) is 5.91 Å². The molecule has 35 heavy (non-hydrogen) atoms. The van der Waals surface area contributed by atoms with E-state index < -0.39 is 11.5 Å². The van der Waals surface area contributed by atoms with Crippen LogP contribution in [0.1, 0.15) is 53.0 Å². The van der Waals surface area contributed by atoms with Crippen LogP contribution in [0.5, 0.6) is 5.75 Å². The predicted molar refractivity (Wildman–Crippen MR) is 130 cm³/mol. The lowest BCUT2D eigenvalue weighted by molar-refractivity contribution is -0.123. The zero-order chi connectivity index (χ0) is 24.6. The number of aromatic nitrogens is 1. The van der Waals surface area contributed by atoms with Crippen LogP contribution in [0.4, 0.5) is 5.69 Å². The van der Waals surface area contributed by atoms with Crippen LogP contribution >= 0.6 is 0 Å². The number of nitrogens with one attached hydrogen (secondary N) is 1. The van der Waals surface area contributed by atoms with Crippen molar-refractivity contribution in [3.05, 3.63) is 83.7 Å². The molecule has 3 heterocycles. The number of methoxy groups -OCH3 is 1. The van der Waals surface area contributed by atoms with Crippen molar-refractivity contribution in [1.82, 2.24) is 9.47 Å². The summed E-state index contributed by atoms with van der Waals surface area (Å²) in [5.41, 5.74) is 2.58. The van der Waals surface area contributed by atoms with Crippen molar-refractivity contribution >= 4 is 24.0 Å². The van der Waals surface area contributed by atoms with E-state index in [9.17, 15) is 9.59 Å². The molecule has 8 nitrogen and oxygen atoms in total. The summed E-state index contributed by atoms with van der Waals surface area (Å²) in [6, 6.07) is 19.4. The van der Waals surface area contributed by atoms with Gasteiger partial charge in [-0.05, 0) is 60.7 Å². The summed E-state index contributed by atoms with van der Waals surface area (Å²) in [6.45, 7) is 0.262. The Hall–Kier alpha value is -4.07. The van der Waals surface area contributed by atoms with Crippen LogP contribution in [0.2, 0.25) is 0 Å². The van der Waals surface area contributed by atoms with Crippen LogP contribution in [0.3, 0.4) is 0 Å². The molecule has 2 amide bonds. The van der Waals surface area contributed by atoms with Gasteiger partial charge in [-0.3, -0.25) is 14.4 Å². The molecular formula is C27H27N3O5. The van der Waals surface area contributed by atoms with Crippen LogP contribution in [0.25, 0.3) is 0 Å². The molecule has 1 spiro atoms. The molecule has 3 aromatic rings. The molecule has 2 unspecified atom stereocenters. The van der Waals surface area contributed by atoms with E-state index in [1.807, 2.05) is 71.8 Å². The molecule has 2 atom stereocenters. The molecule has 2 aromatic carbocycles. The normalized spacial score (nSPS) is 22.3. The highest BCUT2D eigenvalue weighted by atomic mass is 16.5. The summed E-state index contributed by atoms with van der Waals surface area (Å²) < 4.78 is 7.58. The largest absolute Gasteiger partial charge is 0.497 e. The van der Waals surface area contributed by atoms with Gasteiger partial charge in [0.05, 0.1) is 13.2 Å². The van der Waals surface area contributed by atoms with Crippen molar-refractivity contribution in [2.24, 2.45) is 0 Å². The number of benzene rings is 2. The van der Waals surface area contributed by atoms with Gasteiger partial charge in [-0.1, -0.05) is 30.3 Å². The van der Waals surface area contributed by atoms with Crippen LogP contribution in [0, 0.1) is 0 Å². The Kier molecular flexibility index (Phi) is 5.80. The third-order valence-electron chi connectivity index (χ3n) is 7.20. The Morgan fingerprint density at radius 2 is 1.91 bits per heavy atom. The Balaban J connectivity index is 0.000000806. The number of anilines is 1. The molecule has 8 heteroatoms. The van der Waals surface area contributed by atoms with Gasteiger partial charge in [-0.2, -0.15) is 0 Å². The molecule has 3 aliphatic rings. The first-order valence-electron chi connectivity index (χ1n) is 11.7. The Morgan fingerprint density at radius 1 is 1.14 bits per heavy atom. The number of likely N-dealkylation sites (tertiary alicyclic amines) is 1. The van der Waals surface area contributed by atoms with E-state index in [2.05, 4.69) is 9.88 Å². The van der Waals surface area contributed by atoms with Crippen LogP contribution < -0.4 is 10.1 Å². The van der Waals surface area contributed by atoms with E-state index in [1.54, 1.807) is 7.11 Å². The molecule has 0 radical (unpaired) electrons. The van der Waals surface area contributed by atoms with Crippen LogP contribution in [-0.2, 0) is 15.0 Å². The van der Waals surface area contributed by atoms with E-state index in [4.69, 9.17) is 14.6 Å². The third kappa shape index (κ3) is 3.65. The second-order valence-electron chi connectivity index (χ2n) is 9.04. The number of rotatable bonds is 4. The van der Waals surface area contributed by atoms with Crippen LogP contribution in [0.15, 0.2) is 66.9 Å². The highest BCUT2D eigenvalue weighted by Gasteiger charge is 2.59. The van der Waals surface area contributed by atoms with Gasteiger partial charge in [0.1, 0.15) is 16.9 Å². The smallest absolute Gasteiger partial charge is 0.290 e. The Bertz CT molecular complexity index is 1280. The highest BCUT2D eigenvalue weighted by molar-refractivity contribution is 6.08. The number of hydrogen-bond donors (Lipinski definition) is 2. The number of nitrogens with zero attached hydrogens (tertiary/aromatic N) is 2. The average molecular weight is 474 g/mol. The minimum atomic E-state index is -0.824. The second kappa shape index (κ2) is 8.94. The zero-order valence-electron chi connectivity index (χ0n) is 19.4. The minimum absolute atomic E-state index is 0.0243. The number of carbonyl (C=O) groups is 3. The van der Waals surface area contributed by atoms with Gasteiger partial charge < -0.3 is 24.6 Å². The Morgan fingerprint density at radius 3 is 2.66 bits per heavy atom. The number of ether oxygens (including phenoxy) is 1. The number of amides is 2. The molecule has 1 saturated heterocycles. The first-order chi connectivity index (χ1) is 17.0. The van der Waals surface area contributed by atoms with E-state index in [1.165, 1.54) is 0 Å². The molecule has 180 valence electrons. The molecule has 0 bridgehead atoms. The summed E-state index contributed by atoms with van der Waals surface area (Å²) in [4.78, 5) is 37.7. The number of carboxylic acid groups (broad SMARTS) is 1. The van der Waals surface area contributed by atoms with E-state index in [0.29, 0.717) is 30.5 Å². The Labute approximate surface area is 203 Å². The number of carbonyl (C=O) groups excluding carboxylic acids is 2. The van der Waals surface area contributed by atoms with Gasteiger partial charge in [0.15, 0.2) is 0 Å². The molecule has 1 aliphatic carbocycles. The topological polar surface area (TPSA) is 101 Å². The lowest BCUT2D eigenvalue weighted by atomic mass is 9.72. The number of hydrogen-bond acceptors (Lipinski definition) is 4. The number of para-hydroxylation sites is 1. The maximum absolute atomic E-state index is 13.9. The SMILES string of the molecule is COc1cccc(C2N(C(=O)c3cccn3C3CC3)CCC23C(=O)Nc2ccccc23)c1.O=CO. The summed E-state index contributed by atoms with van der Waals surface area (Å²) in [5, 5.41) is 9.97. The maximum atomic E-state index is 13.9. The van der Waals surface area contributed by atoms with Crippen molar-refractivity contribution in [3.63, 3.8) is 0 Å². The van der Waals surface area contributed by atoms with E-state index >= 15 is 0 Å². The van der Waals surface area contributed by atoms with Gasteiger partial charge >= 0.3 is 0 Å². The van der Waals surface area contributed by atoms with Crippen LogP contribution in [-0.4, -0.2) is 46.5 Å². The molecular weight excluding hydrogens is 446 g/mol. The summed E-state index contributed by atoms with van der Waals surface area (Å²) in [7, 11) is 1.63. The van der Waals surface area contributed by atoms with E-state index in [-0.39, 0.29) is 18.3 Å². The average Bonchev–Trinajstić information content (AvgIpc) is 3.35. The first kappa shape index (κ1) is 22.7. The molecule has 6 rings (SSSR count). The quantitative estimate of drug-likeness (QED) is 0.558. The zero-order valence-corrected chi connectivity index (χ0v) is 19.4. The van der Waals surface area contributed by atoms with Crippen molar-refractivity contribution in [2.45, 2.75) is 36.8 Å². The fourth-order valence-corrected chi connectivity index (χ4v) is 5.57. The van der Waals surface area contributed by atoms with E-state index in [0.717, 1.165) is 29.7 Å². The van der Waals surface area contributed by atoms with Gasteiger partial charge in [-0.15, -0.1) is 0 Å². The fourth-order valence-electron chi connectivity index (χ4n) is 5.57. The first-order valence-corrected chi connectivity index (χ1v) is 11.7. The molecule has 2 fully saturated rings. The molecule has 2 aliphatic heterocycles. The standard InChI is InChI=1S/C26H25N3O3.CH2O2/c1-32-19-7-4-6-17(16-19)23-26(20-8-2-3-9-21(20)27-25(26)31)13-15-29(23)24(30)22-10-5-14-28(22)18-11-12-18;2-1-3/h2-10,14,16,18,23H,11-13,15H2,1H3,(H,27,31);1H,(H,2,3). The van der Waals surface area contributed by atoms with Crippen molar-refractivity contribution < 1.29 is 24.2 Å². The second-order valence-corrected chi connectivity index (χ2v) is 9.04. The van der Waals surface area contributed by atoms with Crippen molar-refractivity contribution in [3.8, 4) is 5.75 Å². The lowest BCUT2D eigenvalue weighted by Crippen LogP contribution is -2.43. The van der Waals surface area contributed by atoms with Gasteiger partial charge in [0.25, 0.3) is 12.4 Å². The van der Waals surface area contributed by atoms with Gasteiger partial charge in [0, 0.05) is 24.5 Å². The third-order valence-corrected chi connectivity index (χ3v) is 7.20. The van der Waals surface area contributed by atoms with Gasteiger partial charge in [-0.25, -0.2) is 0 Å². The monoisotopic (exact) mass is 473 g/mol. The molecule has 1 saturated carbocycles. The highest BCUT2D eigenvalue weighted by Crippen LogP contribution is 2.55. The summed E-state index contributed by atoms with van der Waals surface area (Å²) in [5.74, 6) is 0.646. The molecule has 1 aromatic heterocycles. The number of fused-ring (bicyclic) bond motifs is 2. The lowest BCUT2D eigenvalue weighted by Gasteiger charge is -2.34. The van der Waals surface area contributed by atoms with Crippen molar-refractivity contribution in [1.29, 1.82) is 0 Å². The minimum Gasteiger partial charge on any atom is -0.497 e. The fraction of sp³-hybridized carbons (Fsp3) is 0.296. The predicted octanol–water partition coefficient (Wildman–Crippen LogP) is 4.01. The molecule has 2 N–H and O–H groups in total. The summed E-state index contributed by atoms with van der Waals surface area (Å²) in [6.07, 6.45) is 4.78. The summed E-state index contributed by atoms with van der Waals surface area (Å²) >= 11 is 0. The van der Waals surface area contributed by atoms with Crippen molar-refractivity contribution in [2.75, 3.05) is 19.0 Å². The maximum Gasteiger partial charge on any atom is 0.290 e.